The second kappa shape index (κ2) is 5.87. The molecule has 2 rings (SSSR count). The number of carboxylic acids is 1. The number of aliphatic hydroxyl groups excluding tert-OH is 1. The van der Waals surface area contributed by atoms with Gasteiger partial charge in [-0.05, 0) is 29.3 Å². The van der Waals surface area contributed by atoms with Crippen molar-refractivity contribution < 1.29 is 15.0 Å². The molecule has 1 unspecified atom stereocenters. The van der Waals surface area contributed by atoms with Crippen LogP contribution in [-0.2, 0) is 6.42 Å². The number of aliphatic hydroxyl groups is 1. The molecule has 0 heterocycles. The summed E-state index contributed by atoms with van der Waals surface area (Å²) in [5.41, 5.74) is 1.45. The van der Waals surface area contributed by atoms with Gasteiger partial charge < -0.3 is 10.2 Å². The molecule has 2 aromatic rings. The van der Waals surface area contributed by atoms with Crippen LogP contribution in [-0.4, -0.2) is 16.2 Å². The highest BCUT2D eigenvalue weighted by molar-refractivity contribution is 6.30. The van der Waals surface area contributed by atoms with E-state index in [4.69, 9.17) is 16.7 Å². The Kier molecular flexibility index (Phi) is 4.20. The minimum atomic E-state index is -1.04. The maximum absolute atomic E-state index is 11.1. The zero-order valence-corrected chi connectivity index (χ0v) is 10.8. The second-order valence-corrected chi connectivity index (χ2v) is 4.68. The van der Waals surface area contributed by atoms with Crippen molar-refractivity contribution in [3.63, 3.8) is 0 Å². The summed E-state index contributed by atoms with van der Waals surface area (Å²) in [6.07, 6.45) is -0.505. The monoisotopic (exact) mass is 276 g/mol. The van der Waals surface area contributed by atoms with Crippen LogP contribution in [0.3, 0.4) is 0 Å². The van der Waals surface area contributed by atoms with Gasteiger partial charge in [0.15, 0.2) is 0 Å². The van der Waals surface area contributed by atoms with Crippen LogP contribution in [0.4, 0.5) is 0 Å². The van der Waals surface area contributed by atoms with E-state index in [1.807, 2.05) is 12.1 Å². The molecule has 98 valence electrons. The van der Waals surface area contributed by atoms with Crippen molar-refractivity contribution >= 4 is 17.6 Å². The number of hydrogen-bond donors (Lipinski definition) is 2. The molecule has 0 radical (unpaired) electrons. The van der Waals surface area contributed by atoms with E-state index in [9.17, 15) is 9.90 Å². The number of rotatable bonds is 4. The number of carbonyl (C=O) groups is 1. The third-order valence-electron chi connectivity index (χ3n) is 2.89. The van der Waals surface area contributed by atoms with Crippen molar-refractivity contribution in [2.75, 3.05) is 0 Å². The fourth-order valence-electron chi connectivity index (χ4n) is 1.94. The second-order valence-electron chi connectivity index (χ2n) is 4.24. The Morgan fingerprint density at radius 3 is 2.37 bits per heavy atom. The molecular formula is C15H13ClO3. The molecule has 0 aliphatic rings. The van der Waals surface area contributed by atoms with Crippen molar-refractivity contribution in [1.29, 1.82) is 0 Å². The lowest BCUT2D eigenvalue weighted by Gasteiger charge is -2.13. The van der Waals surface area contributed by atoms with Gasteiger partial charge in [-0.25, -0.2) is 4.79 Å². The van der Waals surface area contributed by atoms with Gasteiger partial charge in [-0.15, -0.1) is 0 Å². The molecule has 0 aliphatic heterocycles. The molecule has 19 heavy (non-hydrogen) atoms. The average molecular weight is 277 g/mol. The largest absolute Gasteiger partial charge is 0.478 e. The highest BCUT2D eigenvalue weighted by Crippen LogP contribution is 2.22. The topological polar surface area (TPSA) is 57.5 Å². The van der Waals surface area contributed by atoms with Crippen LogP contribution in [0, 0.1) is 0 Å². The minimum absolute atomic E-state index is 0.129. The van der Waals surface area contributed by atoms with Crippen LogP contribution in [0.5, 0.6) is 0 Å². The molecule has 0 fully saturated rings. The van der Waals surface area contributed by atoms with Gasteiger partial charge in [0.25, 0.3) is 0 Å². The van der Waals surface area contributed by atoms with E-state index in [2.05, 4.69) is 0 Å². The Bertz CT molecular complexity index is 578. The van der Waals surface area contributed by atoms with Crippen LogP contribution >= 0.6 is 11.6 Å². The fourth-order valence-corrected chi connectivity index (χ4v) is 2.06. The third kappa shape index (κ3) is 3.34. The van der Waals surface area contributed by atoms with Gasteiger partial charge in [-0.2, -0.15) is 0 Å². The number of halogens is 1. The fraction of sp³-hybridized carbons (Fsp3) is 0.133. The van der Waals surface area contributed by atoms with Gasteiger partial charge in [0.1, 0.15) is 0 Å². The highest BCUT2D eigenvalue weighted by atomic mass is 35.5. The van der Waals surface area contributed by atoms with E-state index in [0.717, 1.165) is 5.56 Å². The van der Waals surface area contributed by atoms with Crippen LogP contribution in [0.1, 0.15) is 27.6 Å². The number of hydrogen-bond acceptors (Lipinski definition) is 2. The maximum atomic E-state index is 11.1. The Morgan fingerprint density at radius 1 is 1.11 bits per heavy atom. The molecule has 0 saturated carbocycles. The van der Waals surface area contributed by atoms with Crippen LogP contribution in [0.25, 0.3) is 0 Å². The maximum Gasteiger partial charge on any atom is 0.336 e. The summed E-state index contributed by atoms with van der Waals surface area (Å²) in [6, 6.07) is 13.6. The summed E-state index contributed by atoms with van der Waals surface area (Å²) in [6.45, 7) is 0. The molecule has 0 amide bonds. The van der Waals surface area contributed by atoms with Gasteiger partial charge in [0.2, 0.25) is 0 Å². The molecule has 2 aromatic carbocycles. The van der Waals surface area contributed by atoms with E-state index >= 15 is 0 Å². The Labute approximate surface area is 116 Å². The first-order chi connectivity index (χ1) is 9.08. The van der Waals surface area contributed by atoms with Gasteiger partial charge in [-0.3, -0.25) is 0 Å². The lowest BCUT2D eigenvalue weighted by molar-refractivity contribution is 0.0689. The van der Waals surface area contributed by atoms with Crippen molar-refractivity contribution in [2.45, 2.75) is 12.5 Å². The first-order valence-corrected chi connectivity index (χ1v) is 6.20. The highest BCUT2D eigenvalue weighted by Gasteiger charge is 2.16. The van der Waals surface area contributed by atoms with Crippen LogP contribution in [0.15, 0.2) is 48.5 Å². The number of benzene rings is 2. The van der Waals surface area contributed by atoms with Crippen molar-refractivity contribution in [2.24, 2.45) is 0 Å². The van der Waals surface area contributed by atoms with Gasteiger partial charge in [0, 0.05) is 11.4 Å². The van der Waals surface area contributed by atoms with Gasteiger partial charge >= 0.3 is 5.97 Å². The summed E-state index contributed by atoms with van der Waals surface area (Å²) in [5, 5.41) is 19.9. The normalized spacial score (nSPS) is 12.1. The first kappa shape index (κ1) is 13.6. The summed E-state index contributed by atoms with van der Waals surface area (Å²) in [5.74, 6) is -1.04. The van der Waals surface area contributed by atoms with E-state index in [1.165, 1.54) is 6.07 Å². The zero-order chi connectivity index (χ0) is 13.8. The zero-order valence-electron chi connectivity index (χ0n) is 10.1. The van der Waals surface area contributed by atoms with Crippen LogP contribution < -0.4 is 0 Å². The minimum Gasteiger partial charge on any atom is -0.478 e. The lowest BCUT2D eigenvalue weighted by atomic mass is 9.97. The van der Waals surface area contributed by atoms with E-state index in [-0.39, 0.29) is 5.56 Å². The molecule has 1 atom stereocenters. The molecule has 4 heteroatoms. The van der Waals surface area contributed by atoms with Crippen molar-refractivity contribution in [3.8, 4) is 0 Å². The number of aromatic carboxylic acids is 1. The molecule has 0 aromatic heterocycles. The first-order valence-electron chi connectivity index (χ1n) is 5.82. The smallest absolute Gasteiger partial charge is 0.336 e. The predicted molar refractivity (Wildman–Crippen MR) is 73.5 cm³/mol. The average Bonchev–Trinajstić information content (AvgIpc) is 2.41. The SMILES string of the molecule is O=C(O)c1ccccc1C(O)Cc1ccc(Cl)cc1. The molecule has 0 saturated heterocycles. The standard InChI is InChI=1S/C15H13ClO3/c16-11-7-5-10(6-8-11)9-14(17)12-3-1-2-4-13(12)15(18)19/h1-8,14,17H,9H2,(H,18,19). The Balaban J connectivity index is 2.22. The quantitative estimate of drug-likeness (QED) is 0.901. The molecular weight excluding hydrogens is 264 g/mol. The van der Waals surface area contributed by atoms with Crippen molar-refractivity contribution in [3.05, 3.63) is 70.2 Å². The molecule has 0 aliphatic carbocycles. The van der Waals surface area contributed by atoms with Crippen LogP contribution in [0.2, 0.25) is 5.02 Å². The van der Waals surface area contributed by atoms with E-state index in [1.54, 1.807) is 30.3 Å². The van der Waals surface area contributed by atoms with Crippen molar-refractivity contribution in [1.82, 2.24) is 0 Å². The molecule has 0 bridgehead atoms. The summed E-state index contributed by atoms with van der Waals surface area (Å²) in [4.78, 5) is 11.1. The van der Waals surface area contributed by atoms with Gasteiger partial charge in [-0.1, -0.05) is 41.9 Å². The lowest BCUT2D eigenvalue weighted by Crippen LogP contribution is -2.09. The third-order valence-corrected chi connectivity index (χ3v) is 3.14. The van der Waals surface area contributed by atoms with E-state index in [0.29, 0.717) is 17.0 Å². The Morgan fingerprint density at radius 2 is 1.74 bits per heavy atom. The molecule has 3 nitrogen and oxygen atoms in total. The number of carboxylic acid groups (broad SMARTS) is 1. The molecule has 2 N–H and O–H groups in total. The predicted octanol–water partition coefficient (Wildman–Crippen LogP) is 3.31. The summed E-state index contributed by atoms with van der Waals surface area (Å²) < 4.78 is 0. The van der Waals surface area contributed by atoms with E-state index < -0.39 is 12.1 Å². The summed E-state index contributed by atoms with van der Waals surface area (Å²) >= 11 is 5.79. The van der Waals surface area contributed by atoms with Gasteiger partial charge in [0.05, 0.1) is 11.7 Å². The summed E-state index contributed by atoms with van der Waals surface area (Å²) in [7, 11) is 0. The molecule has 0 spiro atoms. The Hall–Kier alpha value is -1.84.